The second kappa shape index (κ2) is 9.72. The number of halogens is 1. The molecule has 2 aromatic carbocycles. The van der Waals surface area contributed by atoms with E-state index in [0.29, 0.717) is 29.9 Å². The SMILES string of the molecule is COc1cc(Nc2ncc3c(n2)N(C)C(c2ccc(F)cc2)CO3)ccc1-n1cnc(CC2CCC2)c1. The van der Waals surface area contributed by atoms with Gasteiger partial charge in [0.05, 0.1) is 37.1 Å². The molecule has 1 fully saturated rings. The minimum atomic E-state index is -0.263. The molecule has 1 atom stereocenters. The van der Waals surface area contributed by atoms with Crippen LogP contribution in [0.25, 0.3) is 5.69 Å². The van der Waals surface area contributed by atoms with Crippen LogP contribution in [0.4, 0.5) is 21.8 Å². The molecule has 0 saturated heterocycles. The van der Waals surface area contributed by atoms with Crippen molar-refractivity contribution in [3.8, 4) is 17.2 Å². The lowest BCUT2D eigenvalue weighted by molar-refractivity contribution is 0.265. The van der Waals surface area contributed by atoms with Crippen molar-refractivity contribution in [2.45, 2.75) is 31.7 Å². The number of aromatic nitrogens is 4. The quantitative estimate of drug-likeness (QED) is 0.361. The standard InChI is InChI=1S/C28H29FN6O2/c1-34-24(19-6-8-20(29)9-7-19)16-37-26-14-30-28(33-27(26)34)32-21-10-11-23(25(13-21)36-2)35-15-22(31-17-35)12-18-4-3-5-18/h6-11,13-15,17-18,24H,3-5,12,16H2,1-2H3,(H,30,32,33). The lowest BCUT2D eigenvalue weighted by Crippen LogP contribution is -2.34. The number of hydrogen-bond donors (Lipinski definition) is 1. The molecule has 1 aliphatic heterocycles. The summed E-state index contributed by atoms with van der Waals surface area (Å²) in [4.78, 5) is 15.8. The lowest BCUT2D eigenvalue weighted by Gasteiger charge is -2.35. The molecular formula is C28H29FN6O2. The number of hydrogen-bond acceptors (Lipinski definition) is 7. The number of rotatable bonds is 7. The Morgan fingerprint density at radius 1 is 1.14 bits per heavy atom. The molecule has 0 bridgehead atoms. The van der Waals surface area contributed by atoms with E-state index in [2.05, 4.69) is 21.5 Å². The lowest BCUT2D eigenvalue weighted by atomic mass is 9.82. The highest BCUT2D eigenvalue weighted by atomic mass is 19.1. The summed E-state index contributed by atoms with van der Waals surface area (Å²) in [5.41, 5.74) is 3.78. The Hall–Kier alpha value is -4.14. The Kier molecular flexibility index (Phi) is 6.12. The molecule has 9 heteroatoms. The molecule has 190 valence electrons. The van der Waals surface area contributed by atoms with Gasteiger partial charge in [0.25, 0.3) is 0 Å². The molecule has 37 heavy (non-hydrogen) atoms. The Balaban J connectivity index is 1.21. The largest absolute Gasteiger partial charge is 0.494 e. The first-order chi connectivity index (χ1) is 18.1. The predicted molar refractivity (Wildman–Crippen MR) is 140 cm³/mol. The van der Waals surface area contributed by atoms with Crippen molar-refractivity contribution < 1.29 is 13.9 Å². The normalized spacial score (nSPS) is 17.1. The number of imidazole rings is 1. The summed E-state index contributed by atoms with van der Waals surface area (Å²) in [5.74, 6) is 2.93. The van der Waals surface area contributed by atoms with Crippen LogP contribution in [-0.2, 0) is 6.42 Å². The first-order valence-electron chi connectivity index (χ1n) is 12.5. The molecule has 0 spiro atoms. The molecule has 1 saturated carbocycles. The minimum absolute atomic E-state index is 0.0837. The zero-order valence-electron chi connectivity index (χ0n) is 20.9. The van der Waals surface area contributed by atoms with Crippen LogP contribution in [0.15, 0.2) is 61.2 Å². The summed E-state index contributed by atoms with van der Waals surface area (Å²) in [5, 5.41) is 3.28. The van der Waals surface area contributed by atoms with E-state index in [-0.39, 0.29) is 11.9 Å². The molecule has 1 unspecified atom stereocenters. The van der Waals surface area contributed by atoms with E-state index >= 15 is 0 Å². The highest BCUT2D eigenvalue weighted by Gasteiger charge is 2.28. The summed E-state index contributed by atoms with van der Waals surface area (Å²) in [7, 11) is 3.61. The number of nitrogens with one attached hydrogen (secondary N) is 1. The molecule has 6 rings (SSSR count). The third-order valence-electron chi connectivity index (χ3n) is 7.26. The zero-order chi connectivity index (χ0) is 25.4. The number of benzene rings is 2. The number of likely N-dealkylation sites (N-methyl/N-ethyl adjacent to an activating group) is 1. The van der Waals surface area contributed by atoms with E-state index in [9.17, 15) is 4.39 Å². The van der Waals surface area contributed by atoms with E-state index in [0.717, 1.165) is 35.0 Å². The van der Waals surface area contributed by atoms with Gasteiger partial charge in [-0.3, -0.25) is 0 Å². The van der Waals surface area contributed by atoms with E-state index in [4.69, 9.17) is 14.5 Å². The molecule has 4 aromatic rings. The van der Waals surface area contributed by atoms with Gasteiger partial charge in [0.2, 0.25) is 5.95 Å². The number of methoxy groups -OCH3 is 1. The van der Waals surface area contributed by atoms with Crippen molar-refractivity contribution in [1.29, 1.82) is 0 Å². The summed E-state index contributed by atoms with van der Waals surface area (Å²) in [6.45, 7) is 0.431. The molecular weight excluding hydrogens is 471 g/mol. The number of anilines is 3. The van der Waals surface area contributed by atoms with Gasteiger partial charge in [-0.25, -0.2) is 14.4 Å². The summed E-state index contributed by atoms with van der Waals surface area (Å²) in [6.07, 6.45) is 10.6. The first kappa shape index (κ1) is 23.3. The maximum atomic E-state index is 13.4. The van der Waals surface area contributed by atoms with Crippen LogP contribution in [0.3, 0.4) is 0 Å². The van der Waals surface area contributed by atoms with Gasteiger partial charge in [0.15, 0.2) is 11.6 Å². The van der Waals surface area contributed by atoms with Crippen LogP contribution in [-0.4, -0.2) is 40.3 Å². The van der Waals surface area contributed by atoms with Crippen LogP contribution < -0.4 is 19.7 Å². The average molecular weight is 501 g/mol. The van der Waals surface area contributed by atoms with Crippen molar-refractivity contribution in [1.82, 2.24) is 19.5 Å². The minimum Gasteiger partial charge on any atom is -0.494 e. The fraction of sp³-hybridized carbons (Fsp3) is 0.321. The van der Waals surface area contributed by atoms with Crippen LogP contribution in [0, 0.1) is 11.7 Å². The average Bonchev–Trinajstić information content (AvgIpc) is 3.36. The highest BCUT2D eigenvalue weighted by molar-refractivity contribution is 5.64. The van der Waals surface area contributed by atoms with Gasteiger partial charge in [-0.15, -0.1) is 0 Å². The number of ether oxygens (including phenoxy) is 2. The van der Waals surface area contributed by atoms with Crippen molar-refractivity contribution in [2.24, 2.45) is 5.92 Å². The summed E-state index contributed by atoms with van der Waals surface area (Å²) >= 11 is 0. The number of fused-ring (bicyclic) bond motifs is 1. The van der Waals surface area contributed by atoms with Gasteiger partial charge in [0, 0.05) is 25.0 Å². The third kappa shape index (κ3) is 4.69. The Bertz CT molecular complexity index is 1400. The second-order valence-corrected chi connectivity index (χ2v) is 9.66. The monoisotopic (exact) mass is 500 g/mol. The molecule has 1 N–H and O–H groups in total. The Labute approximate surface area is 215 Å². The van der Waals surface area contributed by atoms with Crippen LogP contribution in [0.5, 0.6) is 11.5 Å². The Morgan fingerprint density at radius 3 is 2.73 bits per heavy atom. The van der Waals surface area contributed by atoms with Crippen LogP contribution in [0.2, 0.25) is 0 Å². The predicted octanol–water partition coefficient (Wildman–Crippen LogP) is 5.47. The smallest absolute Gasteiger partial charge is 0.229 e. The van der Waals surface area contributed by atoms with Gasteiger partial charge >= 0.3 is 0 Å². The molecule has 2 aliphatic rings. The summed E-state index contributed by atoms with van der Waals surface area (Å²) in [6, 6.07) is 12.3. The fourth-order valence-corrected chi connectivity index (χ4v) is 4.90. The molecule has 3 heterocycles. The van der Waals surface area contributed by atoms with Gasteiger partial charge < -0.3 is 24.3 Å². The van der Waals surface area contributed by atoms with E-state index in [1.165, 1.54) is 31.4 Å². The van der Waals surface area contributed by atoms with Crippen molar-refractivity contribution in [3.63, 3.8) is 0 Å². The fourth-order valence-electron chi connectivity index (χ4n) is 4.90. The molecule has 0 radical (unpaired) electrons. The van der Waals surface area contributed by atoms with E-state index < -0.39 is 0 Å². The van der Waals surface area contributed by atoms with Crippen LogP contribution in [0.1, 0.15) is 36.6 Å². The number of nitrogens with zero attached hydrogens (tertiary/aromatic N) is 5. The van der Waals surface area contributed by atoms with Crippen molar-refractivity contribution in [2.75, 3.05) is 31.0 Å². The molecule has 0 amide bonds. The zero-order valence-corrected chi connectivity index (χ0v) is 20.9. The Morgan fingerprint density at radius 2 is 1.97 bits per heavy atom. The van der Waals surface area contributed by atoms with E-state index in [1.54, 1.807) is 25.4 Å². The molecule has 8 nitrogen and oxygen atoms in total. The van der Waals surface area contributed by atoms with E-state index in [1.807, 2.05) is 41.0 Å². The third-order valence-corrected chi connectivity index (χ3v) is 7.26. The second-order valence-electron chi connectivity index (χ2n) is 9.66. The van der Waals surface area contributed by atoms with Gasteiger partial charge in [-0.2, -0.15) is 4.98 Å². The van der Waals surface area contributed by atoms with Crippen LogP contribution >= 0.6 is 0 Å². The molecule has 1 aliphatic carbocycles. The molecule has 2 aromatic heterocycles. The van der Waals surface area contributed by atoms with Crippen molar-refractivity contribution in [3.05, 3.63) is 78.3 Å². The van der Waals surface area contributed by atoms with Gasteiger partial charge in [-0.05, 0) is 42.2 Å². The first-order valence-corrected chi connectivity index (χ1v) is 12.5. The van der Waals surface area contributed by atoms with Crippen molar-refractivity contribution >= 4 is 17.5 Å². The maximum Gasteiger partial charge on any atom is 0.229 e. The highest BCUT2D eigenvalue weighted by Crippen LogP contribution is 2.37. The topological polar surface area (TPSA) is 77.3 Å². The van der Waals surface area contributed by atoms with Gasteiger partial charge in [0.1, 0.15) is 18.2 Å². The summed E-state index contributed by atoms with van der Waals surface area (Å²) < 4.78 is 27.0. The maximum absolute atomic E-state index is 13.4. The van der Waals surface area contributed by atoms with Gasteiger partial charge in [-0.1, -0.05) is 31.4 Å².